The van der Waals surface area contributed by atoms with Gasteiger partial charge in [-0.15, -0.1) is 0 Å². The van der Waals surface area contributed by atoms with E-state index >= 15 is 0 Å². The molecule has 0 spiro atoms. The molecule has 0 saturated carbocycles. The van der Waals surface area contributed by atoms with Crippen LogP contribution >= 0.6 is 0 Å². The second-order valence-electron chi connectivity index (χ2n) is 11.8. The lowest BCUT2D eigenvalue weighted by atomic mass is 9.83. The Morgan fingerprint density at radius 2 is 1.69 bits per heavy atom. The van der Waals surface area contributed by atoms with Gasteiger partial charge in [0, 0.05) is 6.61 Å². The van der Waals surface area contributed by atoms with E-state index in [-0.39, 0.29) is 18.1 Å². The zero-order chi connectivity index (χ0) is 27.1. The van der Waals surface area contributed by atoms with Crippen LogP contribution in [0.2, 0.25) is 16.6 Å². The van der Waals surface area contributed by atoms with E-state index in [2.05, 4.69) is 48.5 Å². The van der Waals surface area contributed by atoms with Gasteiger partial charge in [-0.05, 0) is 66.4 Å². The van der Waals surface area contributed by atoms with E-state index in [4.69, 9.17) is 18.6 Å². The molecule has 6 nitrogen and oxygen atoms in total. The Balaban J connectivity index is 2.24. The maximum Gasteiger partial charge on any atom is 0.200 e. The van der Waals surface area contributed by atoms with Crippen molar-refractivity contribution in [1.29, 1.82) is 0 Å². The molecule has 0 aliphatic carbocycles. The van der Waals surface area contributed by atoms with Crippen LogP contribution in [0, 0.1) is 5.92 Å². The Morgan fingerprint density at radius 3 is 2.19 bits per heavy atom. The topological polar surface area (TPSA) is 74.2 Å². The van der Waals surface area contributed by atoms with E-state index < -0.39 is 20.0 Å². The summed E-state index contributed by atoms with van der Waals surface area (Å²) in [5, 5.41) is 11.0. The smallest absolute Gasteiger partial charge is 0.200 e. The maximum atomic E-state index is 12.0. The van der Waals surface area contributed by atoms with Crippen molar-refractivity contribution in [2.45, 2.75) is 122 Å². The van der Waals surface area contributed by atoms with Gasteiger partial charge >= 0.3 is 0 Å². The SMILES string of the molecule is COc1ccc(CO[C@H]2C[C@@H](C)C[C@@](C)(O)[C@H](C=O)O[C@@H]2CCO[Si](C(C)C)(C(C)C)C(C)C)cc1. The van der Waals surface area contributed by atoms with Gasteiger partial charge in [0.15, 0.2) is 14.6 Å². The van der Waals surface area contributed by atoms with Crippen molar-refractivity contribution in [2.75, 3.05) is 13.7 Å². The van der Waals surface area contributed by atoms with Crippen LogP contribution in [0.15, 0.2) is 24.3 Å². The first-order valence-corrected chi connectivity index (χ1v) is 15.7. The predicted molar refractivity (Wildman–Crippen MR) is 147 cm³/mol. The lowest BCUT2D eigenvalue weighted by Gasteiger charge is -2.43. The molecule has 1 aliphatic heterocycles. The molecule has 206 valence electrons. The van der Waals surface area contributed by atoms with E-state index in [0.29, 0.717) is 42.7 Å². The van der Waals surface area contributed by atoms with Gasteiger partial charge in [0.1, 0.15) is 11.9 Å². The minimum Gasteiger partial charge on any atom is -0.497 e. The van der Waals surface area contributed by atoms with Gasteiger partial charge in [-0.2, -0.15) is 0 Å². The number of methoxy groups -OCH3 is 1. The van der Waals surface area contributed by atoms with Crippen molar-refractivity contribution in [3.63, 3.8) is 0 Å². The second kappa shape index (κ2) is 13.5. The molecule has 1 aromatic rings. The molecule has 1 aliphatic rings. The lowest BCUT2D eigenvalue weighted by Crippen LogP contribution is -2.52. The van der Waals surface area contributed by atoms with Crippen LogP contribution in [-0.2, 0) is 25.3 Å². The van der Waals surface area contributed by atoms with E-state index in [9.17, 15) is 9.90 Å². The number of hydrogen-bond donors (Lipinski definition) is 1. The normalized spacial score (nSPS) is 27.8. The highest BCUT2D eigenvalue weighted by Gasteiger charge is 2.46. The number of rotatable bonds is 12. The molecule has 1 heterocycles. The molecule has 1 saturated heterocycles. The van der Waals surface area contributed by atoms with Crippen molar-refractivity contribution in [2.24, 2.45) is 5.92 Å². The molecule has 0 amide bonds. The minimum absolute atomic E-state index is 0.172. The van der Waals surface area contributed by atoms with Gasteiger partial charge in [-0.3, -0.25) is 0 Å². The van der Waals surface area contributed by atoms with Crippen LogP contribution in [-0.4, -0.2) is 57.3 Å². The Morgan fingerprint density at radius 1 is 1.11 bits per heavy atom. The van der Waals surface area contributed by atoms with E-state index in [1.54, 1.807) is 14.0 Å². The lowest BCUT2D eigenvalue weighted by molar-refractivity contribution is -0.186. The molecule has 2 rings (SSSR count). The van der Waals surface area contributed by atoms with Crippen LogP contribution in [0.3, 0.4) is 0 Å². The fraction of sp³-hybridized carbons (Fsp3) is 0.759. The Bertz CT molecular complexity index is 770. The van der Waals surface area contributed by atoms with E-state index in [1.807, 2.05) is 24.3 Å². The molecule has 0 bridgehead atoms. The molecule has 0 radical (unpaired) electrons. The quantitative estimate of drug-likeness (QED) is 0.257. The summed E-state index contributed by atoms with van der Waals surface area (Å²) < 4.78 is 24.8. The fourth-order valence-corrected chi connectivity index (χ4v) is 11.7. The largest absolute Gasteiger partial charge is 0.497 e. The summed E-state index contributed by atoms with van der Waals surface area (Å²) in [4.78, 5) is 12.0. The Labute approximate surface area is 220 Å². The number of carbonyl (C=O) groups is 1. The predicted octanol–water partition coefficient (Wildman–Crippen LogP) is 6.30. The number of ether oxygens (including phenoxy) is 3. The molecular weight excluding hydrogens is 472 g/mol. The maximum absolute atomic E-state index is 12.0. The van der Waals surface area contributed by atoms with Gasteiger partial charge in [0.2, 0.25) is 0 Å². The van der Waals surface area contributed by atoms with Crippen molar-refractivity contribution in [3.8, 4) is 5.75 Å². The summed E-state index contributed by atoms with van der Waals surface area (Å²) in [6.45, 7) is 18.5. The van der Waals surface area contributed by atoms with Crippen molar-refractivity contribution in [1.82, 2.24) is 0 Å². The van der Waals surface area contributed by atoms with Gasteiger partial charge in [0.05, 0.1) is 31.5 Å². The van der Waals surface area contributed by atoms with Crippen LogP contribution in [0.25, 0.3) is 0 Å². The Hall–Kier alpha value is -1.25. The van der Waals surface area contributed by atoms with Crippen LogP contribution in [0.5, 0.6) is 5.75 Å². The van der Waals surface area contributed by atoms with Gasteiger partial charge < -0.3 is 28.5 Å². The molecule has 1 aromatic carbocycles. The first-order valence-electron chi connectivity index (χ1n) is 13.6. The third kappa shape index (κ3) is 7.64. The summed E-state index contributed by atoms with van der Waals surface area (Å²) in [5.74, 6) is 0.979. The molecular formula is C29H50O6Si. The fourth-order valence-electron chi connectivity index (χ4n) is 6.26. The molecule has 7 heteroatoms. The molecule has 1 fully saturated rings. The first-order chi connectivity index (χ1) is 16.9. The molecule has 36 heavy (non-hydrogen) atoms. The summed E-state index contributed by atoms with van der Waals surface area (Å²) in [7, 11) is -0.379. The number of aliphatic hydroxyl groups is 1. The van der Waals surface area contributed by atoms with Crippen LogP contribution in [0.4, 0.5) is 0 Å². The Kier molecular flexibility index (Phi) is 11.6. The third-order valence-corrected chi connectivity index (χ3v) is 14.1. The van der Waals surface area contributed by atoms with Crippen molar-refractivity contribution >= 4 is 14.6 Å². The summed E-state index contributed by atoms with van der Waals surface area (Å²) in [5.41, 5.74) is 1.29. The zero-order valence-corrected chi connectivity index (χ0v) is 25.0. The summed E-state index contributed by atoms with van der Waals surface area (Å²) in [6.07, 6.45) is 1.10. The van der Waals surface area contributed by atoms with E-state index in [0.717, 1.165) is 24.0 Å². The average Bonchev–Trinajstić information content (AvgIpc) is 2.79. The monoisotopic (exact) mass is 522 g/mol. The average molecular weight is 523 g/mol. The van der Waals surface area contributed by atoms with Crippen LogP contribution < -0.4 is 4.74 Å². The number of aldehydes is 1. The van der Waals surface area contributed by atoms with Crippen molar-refractivity contribution in [3.05, 3.63) is 29.8 Å². The number of benzene rings is 1. The number of hydrogen-bond acceptors (Lipinski definition) is 6. The van der Waals surface area contributed by atoms with Gasteiger partial charge in [-0.25, -0.2) is 0 Å². The van der Waals surface area contributed by atoms with Crippen LogP contribution in [0.1, 0.15) is 80.2 Å². The molecule has 1 N–H and O–H groups in total. The van der Waals surface area contributed by atoms with Crippen molar-refractivity contribution < 1.29 is 28.5 Å². The van der Waals surface area contributed by atoms with Gasteiger partial charge in [0.25, 0.3) is 0 Å². The minimum atomic E-state index is -2.03. The first kappa shape index (κ1) is 31.0. The summed E-state index contributed by atoms with van der Waals surface area (Å²) in [6, 6.07) is 7.85. The molecule has 0 unspecified atom stereocenters. The highest BCUT2D eigenvalue weighted by Crippen LogP contribution is 2.42. The zero-order valence-electron chi connectivity index (χ0n) is 24.0. The number of carbonyl (C=O) groups excluding carboxylic acids is 1. The highest BCUT2D eigenvalue weighted by atomic mass is 28.4. The highest BCUT2D eigenvalue weighted by molar-refractivity contribution is 6.77. The third-order valence-electron chi connectivity index (χ3n) is 7.95. The second-order valence-corrected chi connectivity index (χ2v) is 17.2. The standard InChI is InChI=1S/C29H50O6Si/c1-20(2)36(21(3)4,22(5)6)34-15-14-26-27(33-19-24-10-12-25(32-9)13-11-24)16-23(7)17-29(8,31)28(18-30)35-26/h10-13,18,20-23,26-28,31H,14-17,19H2,1-9H3/t23-,26-,27+,28+,29-/m1/s1. The summed E-state index contributed by atoms with van der Waals surface area (Å²) >= 11 is 0. The molecule has 0 aromatic heterocycles. The van der Waals surface area contributed by atoms with Gasteiger partial charge in [-0.1, -0.05) is 60.6 Å². The van der Waals surface area contributed by atoms with E-state index in [1.165, 1.54) is 0 Å². The molecule has 5 atom stereocenters.